The Kier molecular flexibility index (Phi) is 6.04. The second-order valence-electron chi connectivity index (χ2n) is 13.3. The van der Waals surface area contributed by atoms with Crippen molar-refractivity contribution in [3.63, 3.8) is 0 Å². The lowest BCUT2D eigenvalue weighted by Gasteiger charge is -2.27. The number of fused-ring (bicyclic) bond motifs is 5. The van der Waals surface area contributed by atoms with Crippen molar-refractivity contribution < 1.29 is 9.53 Å². The van der Waals surface area contributed by atoms with Crippen molar-refractivity contribution in [3.8, 4) is 28.5 Å². The maximum absolute atomic E-state index is 13.8. The van der Waals surface area contributed by atoms with Crippen LogP contribution in [0.4, 0.5) is 0 Å². The molecule has 4 aromatic heterocycles. The average Bonchev–Trinajstić information content (AvgIpc) is 3.47. The molecule has 2 saturated carbocycles. The van der Waals surface area contributed by atoms with Crippen molar-refractivity contribution in [3.05, 3.63) is 74.9 Å². The van der Waals surface area contributed by atoms with Gasteiger partial charge in [0.1, 0.15) is 16.9 Å². The van der Waals surface area contributed by atoms with Crippen molar-refractivity contribution in [2.24, 2.45) is 24.6 Å². The first-order valence-electron chi connectivity index (χ1n) is 16.2. The molecule has 2 aromatic carbocycles. The predicted octanol–water partition coefficient (Wildman–Crippen LogP) is 3.77. The molecule has 5 heterocycles. The lowest BCUT2D eigenvalue weighted by atomic mass is 10.1. The fraction of sp³-hybridized carbons (Fsp3) is 0.343. The van der Waals surface area contributed by atoms with Crippen LogP contribution in [0.3, 0.4) is 0 Å². The Labute approximate surface area is 268 Å². The minimum atomic E-state index is -0.547. The summed E-state index contributed by atoms with van der Waals surface area (Å²) in [5, 5.41) is 1.33. The summed E-state index contributed by atoms with van der Waals surface area (Å²) in [5.74, 6) is 2.20. The topological polar surface area (TPSA) is 157 Å². The Bertz CT molecular complexity index is 2400. The Morgan fingerprint density at radius 2 is 1.89 bits per heavy atom. The normalized spacial score (nSPS) is 20.7. The van der Waals surface area contributed by atoms with Crippen molar-refractivity contribution in [1.82, 2.24) is 34.0 Å². The molecule has 12 heteroatoms. The molecule has 4 N–H and O–H groups in total. The highest BCUT2D eigenvalue weighted by Crippen LogP contribution is 2.40. The zero-order valence-electron chi connectivity index (χ0n) is 26.1. The van der Waals surface area contributed by atoms with Crippen molar-refractivity contribution in [2.45, 2.75) is 44.3 Å². The summed E-state index contributed by atoms with van der Waals surface area (Å²) >= 11 is 0. The van der Waals surface area contributed by atoms with E-state index in [1.807, 2.05) is 52.9 Å². The molecular weight excluding hydrogens is 596 g/mol. The van der Waals surface area contributed by atoms with Gasteiger partial charge in [0.15, 0.2) is 5.82 Å². The van der Waals surface area contributed by atoms with Gasteiger partial charge >= 0.3 is 5.69 Å². The molecule has 1 saturated heterocycles. The van der Waals surface area contributed by atoms with Gasteiger partial charge in [-0.3, -0.25) is 14.6 Å². The standard InChI is InChI=1S/C35H34N8O4/c1-41-30-24(12-20(14-27(30)47-2)34(45)43-16-19-9-11-25(43)29(19)36)38-32(41)26-13-18-8-10-22(37-31(18)42(26)15-17-6-7-17)21-4-3-5-23-28(21)33(44)40-35(46)39-23/h3-5,8,10,12-14,17,19,25,29H,6-7,9,11,15-16,36H2,1-2H3,(H2,39,40,44,46)/t19?,25?,29-/m1/s1. The summed E-state index contributed by atoms with van der Waals surface area (Å²) in [7, 11) is 3.58. The summed E-state index contributed by atoms with van der Waals surface area (Å²) < 4.78 is 10.1. The van der Waals surface area contributed by atoms with E-state index in [1.54, 1.807) is 13.2 Å². The van der Waals surface area contributed by atoms with E-state index in [2.05, 4.69) is 20.6 Å². The molecule has 3 fully saturated rings. The first-order chi connectivity index (χ1) is 22.8. The number of amides is 1. The SMILES string of the molecule is COc1cc(C(=O)N2CC3CCC2[C@@H]3N)cc2nc(-c3cc4ccc(-c5cccc6[nH]c(=O)[nH]c(=O)c56)nc4n3CC3CC3)n(C)c12. The highest BCUT2D eigenvalue weighted by atomic mass is 16.5. The van der Waals surface area contributed by atoms with Crippen LogP contribution in [-0.4, -0.2) is 65.6 Å². The van der Waals surface area contributed by atoms with Gasteiger partial charge in [0.2, 0.25) is 0 Å². The summed E-state index contributed by atoms with van der Waals surface area (Å²) in [6.07, 6.45) is 4.32. The number of methoxy groups -OCH3 is 1. The fourth-order valence-electron chi connectivity index (χ4n) is 7.91. The molecule has 9 rings (SSSR count). The molecule has 0 radical (unpaired) electrons. The number of aromatic amines is 2. The Hall–Kier alpha value is -5.23. The van der Waals surface area contributed by atoms with E-state index < -0.39 is 11.2 Å². The number of hydrogen-bond donors (Lipinski definition) is 3. The number of H-pyrrole nitrogens is 2. The number of carbonyl (C=O) groups is 1. The smallest absolute Gasteiger partial charge is 0.326 e. The van der Waals surface area contributed by atoms with E-state index >= 15 is 0 Å². The Morgan fingerprint density at radius 3 is 2.64 bits per heavy atom. The molecule has 1 aliphatic heterocycles. The number of piperidine rings is 1. The molecule has 12 nitrogen and oxygen atoms in total. The second-order valence-corrected chi connectivity index (χ2v) is 13.3. The van der Waals surface area contributed by atoms with Crippen LogP contribution in [0.25, 0.3) is 55.7 Å². The second kappa shape index (κ2) is 10.1. The lowest BCUT2D eigenvalue weighted by molar-refractivity contribution is 0.0700. The monoisotopic (exact) mass is 630 g/mol. The van der Waals surface area contributed by atoms with Gasteiger partial charge in [0.05, 0.1) is 34.9 Å². The average molecular weight is 631 g/mol. The molecule has 3 aliphatic rings. The quantitative estimate of drug-likeness (QED) is 0.253. The van der Waals surface area contributed by atoms with Gasteiger partial charge in [-0.05, 0) is 73.9 Å². The maximum atomic E-state index is 13.8. The van der Waals surface area contributed by atoms with E-state index in [0.29, 0.717) is 57.4 Å². The molecule has 47 heavy (non-hydrogen) atoms. The van der Waals surface area contributed by atoms with Crippen LogP contribution in [0.5, 0.6) is 5.75 Å². The number of rotatable bonds is 6. The largest absolute Gasteiger partial charge is 0.494 e. The number of carbonyl (C=O) groups excluding carboxylic acids is 1. The van der Waals surface area contributed by atoms with Gasteiger partial charge in [0.25, 0.3) is 11.5 Å². The molecule has 3 atom stereocenters. The first-order valence-corrected chi connectivity index (χ1v) is 16.2. The van der Waals surface area contributed by atoms with Crippen molar-refractivity contribution >= 4 is 38.9 Å². The van der Waals surface area contributed by atoms with Crippen molar-refractivity contribution in [2.75, 3.05) is 13.7 Å². The molecule has 2 bridgehead atoms. The number of nitrogens with two attached hydrogens (primary N) is 1. The van der Waals surface area contributed by atoms with E-state index in [1.165, 1.54) is 0 Å². The number of nitrogens with one attached hydrogen (secondary N) is 2. The van der Waals surface area contributed by atoms with E-state index in [-0.39, 0.29) is 18.0 Å². The molecule has 1 amide bonds. The lowest BCUT2D eigenvalue weighted by Crippen LogP contribution is -2.41. The number of nitrogens with zero attached hydrogens (tertiary/aromatic N) is 5. The zero-order valence-corrected chi connectivity index (χ0v) is 26.1. The number of hydrogen-bond acceptors (Lipinski definition) is 7. The molecule has 2 aliphatic carbocycles. The van der Waals surface area contributed by atoms with E-state index in [9.17, 15) is 14.4 Å². The van der Waals surface area contributed by atoms with Gasteiger partial charge < -0.3 is 29.5 Å². The summed E-state index contributed by atoms with van der Waals surface area (Å²) in [4.78, 5) is 55.8. The van der Waals surface area contributed by atoms with Crippen LogP contribution in [0.1, 0.15) is 36.0 Å². The molecule has 0 spiro atoms. The van der Waals surface area contributed by atoms with Gasteiger partial charge in [-0.15, -0.1) is 0 Å². The zero-order chi connectivity index (χ0) is 32.1. The van der Waals surface area contributed by atoms with Gasteiger partial charge in [-0.2, -0.15) is 0 Å². The van der Waals surface area contributed by atoms with Crippen LogP contribution in [0, 0.1) is 11.8 Å². The highest BCUT2D eigenvalue weighted by Gasteiger charge is 2.47. The third kappa shape index (κ3) is 4.27. The van der Waals surface area contributed by atoms with Crippen LogP contribution in [0.15, 0.2) is 58.1 Å². The first kappa shape index (κ1) is 28.0. The molecule has 2 unspecified atom stereocenters. The summed E-state index contributed by atoms with van der Waals surface area (Å²) in [6.45, 7) is 1.47. The van der Waals surface area contributed by atoms with Crippen LogP contribution < -0.4 is 21.7 Å². The van der Waals surface area contributed by atoms with Gasteiger partial charge in [-0.25, -0.2) is 14.8 Å². The number of benzene rings is 2. The van der Waals surface area contributed by atoms with Gasteiger partial charge in [0, 0.05) is 48.7 Å². The number of aryl methyl sites for hydroxylation is 1. The summed E-state index contributed by atoms with van der Waals surface area (Å²) in [5.41, 5.74) is 10.9. The third-order valence-electron chi connectivity index (χ3n) is 10.5. The van der Waals surface area contributed by atoms with E-state index in [0.717, 1.165) is 60.3 Å². The van der Waals surface area contributed by atoms with Crippen LogP contribution in [0.2, 0.25) is 0 Å². The number of imidazole rings is 1. The minimum Gasteiger partial charge on any atom is -0.494 e. The van der Waals surface area contributed by atoms with Crippen LogP contribution in [-0.2, 0) is 13.6 Å². The maximum Gasteiger partial charge on any atom is 0.326 e. The number of ether oxygens (including phenoxy) is 1. The number of pyridine rings is 1. The van der Waals surface area contributed by atoms with E-state index in [4.69, 9.17) is 20.4 Å². The fourth-order valence-corrected chi connectivity index (χ4v) is 7.91. The minimum absolute atomic E-state index is 0.0315. The number of likely N-dealkylation sites (tertiary alicyclic amines) is 1. The van der Waals surface area contributed by atoms with Crippen molar-refractivity contribution in [1.29, 1.82) is 0 Å². The van der Waals surface area contributed by atoms with Crippen LogP contribution >= 0.6 is 0 Å². The Morgan fingerprint density at radius 1 is 1.04 bits per heavy atom. The predicted molar refractivity (Wildman–Crippen MR) is 178 cm³/mol. The summed E-state index contributed by atoms with van der Waals surface area (Å²) in [6, 6.07) is 15.2. The highest BCUT2D eigenvalue weighted by molar-refractivity contribution is 6.01. The molecule has 238 valence electrons. The molecule has 6 aromatic rings. The molecular formula is C35H34N8O4. The Balaban J connectivity index is 1.18. The number of aromatic nitrogens is 6. The van der Waals surface area contributed by atoms with Gasteiger partial charge in [-0.1, -0.05) is 12.1 Å². The third-order valence-corrected chi connectivity index (χ3v) is 10.5.